The zero-order valence-corrected chi connectivity index (χ0v) is 14.2. The summed E-state index contributed by atoms with van der Waals surface area (Å²) < 4.78 is 13.3. The first-order chi connectivity index (χ1) is 10.8. The van der Waals surface area contributed by atoms with Gasteiger partial charge in [0.15, 0.2) is 0 Å². The number of rotatable bonds is 4. The van der Waals surface area contributed by atoms with Crippen molar-refractivity contribution in [3.05, 3.63) is 35.6 Å². The van der Waals surface area contributed by atoms with Crippen LogP contribution in [0.5, 0.6) is 0 Å². The van der Waals surface area contributed by atoms with Crippen molar-refractivity contribution in [1.29, 1.82) is 0 Å². The topological polar surface area (TPSA) is 52.6 Å². The first kappa shape index (κ1) is 17.9. The van der Waals surface area contributed by atoms with Crippen LogP contribution in [0.25, 0.3) is 0 Å². The monoisotopic (exact) mass is 322 g/mol. The maximum Gasteiger partial charge on any atom is 0.237 e. The van der Waals surface area contributed by atoms with Gasteiger partial charge >= 0.3 is 0 Å². The lowest BCUT2D eigenvalue weighted by atomic mass is 9.98. The Morgan fingerprint density at radius 3 is 2.83 bits per heavy atom. The van der Waals surface area contributed by atoms with Crippen molar-refractivity contribution in [3.63, 3.8) is 0 Å². The molecule has 0 bridgehead atoms. The summed E-state index contributed by atoms with van der Waals surface area (Å²) in [6.45, 7) is 6.99. The summed E-state index contributed by atoms with van der Waals surface area (Å²) in [6, 6.07) is 5.77. The van der Waals surface area contributed by atoms with E-state index < -0.39 is 6.10 Å². The molecule has 2 N–H and O–H groups in total. The molecule has 0 unspecified atom stereocenters. The summed E-state index contributed by atoms with van der Waals surface area (Å²) in [6.07, 6.45) is 2.01. The average Bonchev–Trinajstić information content (AvgIpc) is 2.46. The van der Waals surface area contributed by atoms with Crippen molar-refractivity contribution in [2.75, 3.05) is 13.1 Å². The third-order valence-electron chi connectivity index (χ3n) is 4.06. The molecule has 2 rings (SSSR count). The first-order valence-corrected chi connectivity index (χ1v) is 8.26. The number of aliphatic hydroxyl groups is 1. The average molecular weight is 322 g/mol. The molecular weight excluding hydrogens is 295 g/mol. The van der Waals surface area contributed by atoms with Gasteiger partial charge in [-0.3, -0.25) is 9.69 Å². The number of amides is 1. The number of carbonyl (C=O) groups excluding carboxylic acids is 1. The summed E-state index contributed by atoms with van der Waals surface area (Å²) >= 11 is 0. The van der Waals surface area contributed by atoms with E-state index in [1.807, 2.05) is 25.7 Å². The highest BCUT2D eigenvalue weighted by molar-refractivity contribution is 5.82. The fourth-order valence-corrected chi connectivity index (χ4v) is 3.00. The molecule has 1 amide bonds. The molecule has 2 atom stereocenters. The predicted molar refractivity (Wildman–Crippen MR) is 88.5 cm³/mol. The maximum absolute atomic E-state index is 13.3. The van der Waals surface area contributed by atoms with Gasteiger partial charge in [0.1, 0.15) is 5.82 Å². The van der Waals surface area contributed by atoms with Gasteiger partial charge in [-0.05, 0) is 57.9 Å². The standard InChI is InChI=1S/C18H27FN2O2/c1-18(2,3)20-17(23)15-9-4-5-10-21(15)12-16(22)13-7-6-8-14(19)11-13/h6-8,11,15-16,22H,4-5,9-10,12H2,1-3H3,(H,20,23)/t15-,16+/m0/s1. The highest BCUT2D eigenvalue weighted by Gasteiger charge is 2.31. The van der Waals surface area contributed by atoms with Gasteiger partial charge in [0.2, 0.25) is 5.91 Å². The van der Waals surface area contributed by atoms with Gasteiger partial charge in [0.25, 0.3) is 0 Å². The van der Waals surface area contributed by atoms with Crippen LogP contribution in [0.15, 0.2) is 24.3 Å². The molecule has 23 heavy (non-hydrogen) atoms. The van der Waals surface area contributed by atoms with Gasteiger partial charge < -0.3 is 10.4 Å². The van der Waals surface area contributed by atoms with Gasteiger partial charge in [0, 0.05) is 12.1 Å². The number of nitrogens with one attached hydrogen (secondary N) is 1. The van der Waals surface area contributed by atoms with E-state index in [1.54, 1.807) is 12.1 Å². The quantitative estimate of drug-likeness (QED) is 0.896. The Bertz CT molecular complexity index is 542. The Morgan fingerprint density at radius 2 is 2.17 bits per heavy atom. The fourth-order valence-electron chi connectivity index (χ4n) is 3.00. The minimum atomic E-state index is -0.797. The molecule has 1 aliphatic heterocycles. The summed E-state index contributed by atoms with van der Waals surface area (Å²) in [4.78, 5) is 14.5. The van der Waals surface area contributed by atoms with Crippen molar-refractivity contribution in [3.8, 4) is 0 Å². The fraction of sp³-hybridized carbons (Fsp3) is 0.611. The van der Waals surface area contributed by atoms with Crippen LogP contribution in [-0.4, -0.2) is 40.6 Å². The van der Waals surface area contributed by atoms with Crippen molar-refractivity contribution in [2.24, 2.45) is 0 Å². The van der Waals surface area contributed by atoms with Crippen LogP contribution in [0.4, 0.5) is 4.39 Å². The van der Waals surface area contributed by atoms with Crippen molar-refractivity contribution in [2.45, 2.75) is 57.7 Å². The second-order valence-corrected chi connectivity index (χ2v) is 7.32. The van der Waals surface area contributed by atoms with Crippen LogP contribution in [0.2, 0.25) is 0 Å². The van der Waals surface area contributed by atoms with Crippen molar-refractivity contribution >= 4 is 5.91 Å². The summed E-state index contributed by atoms with van der Waals surface area (Å²) in [7, 11) is 0. The third-order valence-corrected chi connectivity index (χ3v) is 4.06. The predicted octanol–water partition coefficient (Wildman–Crippen LogP) is 2.63. The summed E-state index contributed by atoms with van der Waals surface area (Å²) in [5.41, 5.74) is 0.270. The lowest BCUT2D eigenvalue weighted by Gasteiger charge is -2.37. The zero-order valence-electron chi connectivity index (χ0n) is 14.2. The molecule has 0 radical (unpaired) electrons. The molecule has 0 saturated carbocycles. The number of hydrogen-bond acceptors (Lipinski definition) is 3. The van der Waals surface area contributed by atoms with Gasteiger partial charge in [-0.25, -0.2) is 4.39 Å². The molecule has 5 heteroatoms. The second kappa shape index (κ2) is 7.41. The van der Waals surface area contributed by atoms with E-state index in [4.69, 9.17) is 0 Å². The van der Waals surface area contributed by atoms with E-state index in [-0.39, 0.29) is 23.3 Å². The molecule has 128 valence electrons. The molecule has 1 saturated heterocycles. The van der Waals surface area contributed by atoms with Crippen molar-refractivity contribution < 1.29 is 14.3 Å². The van der Waals surface area contributed by atoms with Gasteiger partial charge in [-0.15, -0.1) is 0 Å². The van der Waals surface area contributed by atoms with Crippen LogP contribution in [0.1, 0.15) is 51.7 Å². The highest BCUT2D eigenvalue weighted by atomic mass is 19.1. The van der Waals surface area contributed by atoms with Gasteiger partial charge in [0.05, 0.1) is 12.1 Å². The Balaban J connectivity index is 2.05. The Morgan fingerprint density at radius 1 is 1.43 bits per heavy atom. The summed E-state index contributed by atoms with van der Waals surface area (Å²) in [5.74, 6) is -0.356. The number of carbonyl (C=O) groups is 1. The third kappa shape index (κ3) is 5.29. The molecule has 0 aromatic heterocycles. The molecule has 1 aromatic rings. The normalized spacial score (nSPS) is 21.0. The van der Waals surface area contributed by atoms with E-state index in [9.17, 15) is 14.3 Å². The van der Waals surface area contributed by atoms with E-state index in [1.165, 1.54) is 12.1 Å². The Hall–Kier alpha value is -1.46. The Labute approximate surface area is 137 Å². The number of likely N-dealkylation sites (tertiary alicyclic amines) is 1. The number of aliphatic hydroxyl groups excluding tert-OH is 1. The van der Waals surface area contributed by atoms with Crippen LogP contribution >= 0.6 is 0 Å². The lowest BCUT2D eigenvalue weighted by molar-refractivity contribution is -0.129. The molecule has 4 nitrogen and oxygen atoms in total. The number of nitrogens with zero attached hydrogens (tertiary/aromatic N) is 1. The number of halogens is 1. The smallest absolute Gasteiger partial charge is 0.237 e. The second-order valence-electron chi connectivity index (χ2n) is 7.32. The molecule has 0 aliphatic carbocycles. The molecule has 1 aromatic carbocycles. The highest BCUT2D eigenvalue weighted by Crippen LogP contribution is 2.22. The molecule has 0 spiro atoms. The number of benzene rings is 1. The number of β-amino-alcohol motifs (C(OH)–C–C–N with tert-alkyl or cyclic N) is 1. The minimum absolute atomic E-state index is 0.00337. The zero-order chi connectivity index (χ0) is 17.0. The van der Waals surface area contributed by atoms with Crippen LogP contribution < -0.4 is 5.32 Å². The molecule has 1 aliphatic rings. The van der Waals surface area contributed by atoms with Crippen LogP contribution in [0.3, 0.4) is 0 Å². The minimum Gasteiger partial charge on any atom is -0.387 e. The first-order valence-electron chi connectivity index (χ1n) is 8.26. The van der Waals surface area contributed by atoms with Crippen LogP contribution in [0, 0.1) is 5.82 Å². The largest absolute Gasteiger partial charge is 0.387 e. The number of piperidine rings is 1. The molecular formula is C18H27FN2O2. The van der Waals surface area contributed by atoms with E-state index in [0.717, 1.165) is 25.8 Å². The van der Waals surface area contributed by atoms with Crippen molar-refractivity contribution in [1.82, 2.24) is 10.2 Å². The lowest BCUT2D eigenvalue weighted by Crippen LogP contribution is -2.54. The summed E-state index contributed by atoms with van der Waals surface area (Å²) in [5, 5.41) is 13.4. The van der Waals surface area contributed by atoms with Gasteiger partial charge in [-0.1, -0.05) is 18.6 Å². The maximum atomic E-state index is 13.3. The molecule has 1 heterocycles. The van der Waals surface area contributed by atoms with Gasteiger partial charge in [-0.2, -0.15) is 0 Å². The van der Waals surface area contributed by atoms with E-state index in [0.29, 0.717) is 12.1 Å². The Kier molecular flexibility index (Phi) is 5.76. The van der Waals surface area contributed by atoms with Crippen LogP contribution in [-0.2, 0) is 4.79 Å². The van der Waals surface area contributed by atoms with E-state index in [2.05, 4.69) is 5.32 Å². The SMILES string of the molecule is CC(C)(C)NC(=O)[C@@H]1CCCCN1C[C@@H](O)c1cccc(F)c1. The number of hydrogen-bond donors (Lipinski definition) is 2. The molecule has 1 fully saturated rings. The van der Waals surface area contributed by atoms with E-state index >= 15 is 0 Å².